The van der Waals surface area contributed by atoms with E-state index in [0.717, 1.165) is 36.9 Å². The molecule has 3 nitrogen and oxygen atoms in total. The van der Waals surface area contributed by atoms with Crippen molar-refractivity contribution < 1.29 is 4.74 Å². The summed E-state index contributed by atoms with van der Waals surface area (Å²) in [5, 5.41) is 3.38. The average Bonchev–Trinajstić information content (AvgIpc) is 2.47. The molecule has 0 spiro atoms. The zero-order chi connectivity index (χ0) is 13.3. The molecule has 1 N–H and O–H groups in total. The quantitative estimate of drug-likeness (QED) is 0.806. The van der Waals surface area contributed by atoms with Crippen LogP contribution in [0.1, 0.15) is 51.1 Å². The number of pyridine rings is 1. The van der Waals surface area contributed by atoms with Crippen LogP contribution in [0.4, 0.5) is 5.69 Å². The monoisotopic (exact) mass is 262 g/mol. The number of hydrogen-bond acceptors (Lipinski definition) is 3. The number of hydrogen-bond donors (Lipinski definition) is 1. The van der Waals surface area contributed by atoms with Gasteiger partial charge in [0.1, 0.15) is 0 Å². The molecule has 1 saturated carbocycles. The van der Waals surface area contributed by atoms with Crippen molar-refractivity contribution in [2.75, 3.05) is 18.5 Å². The Morgan fingerprint density at radius 1 is 1.32 bits per heavy atom. The van der Waals surface area contributed by atoms with Gasteiger partial charge in [0, 0.05) is 25.0 Å². The Bertz CT molecular complexity index is 362. The van der Waals surface area contributed by atoms with Crippen LogP contribution in [0.2, 0.25) is 0 Å². The predicted molar refractivity (Wildman–Crippen MR) is 79.2 cm³/mol. The van der Waals surface area contributed by atoms with Crippen molar-refractivity contribution in [2.45, 2.75) is 52.1 Å². The molecule has 0 amide bonds. The number of nitrogens with zero attached hydrogens (tertiary/aromatic N) is 1. The van der Waals surface area contributed by atoms with E-state index in [0.29, 0.717) is 6.61 Å². The summed E-state index contributed by atoms with van der Waals surface area (Å²) in [6, 6.07) is 4.11. The maximum Gasteiger partial charge on any atom is 0.0888 e. The molecule has 0 saturated heterocycles. The van der Waals surface area contributed by atoms with Crippen LogP contribution in [0.3, 0.4) is 0 Å². The van der Waals surface area contributed by atoms with Gasteiger partial charge in [-0.15, -0.1) is 0 Å². The van der Waals surface area contributed by atoms with Gasteiger partial charge in [-0.3, -0.25) is 4.98 Å². The molecule has 2 rings (SSSR count). The van der Waals surface area contributed by atoms with Gasteiger partial charge in [-0.1, -0.05) is 26.2 Å². The van der Waals surface area contributed by atoms with Crippen LogP contribution in [-0.2, 0) is 11.3 Å². The third-order valence-electron chi connectivity index (χ3n) is 3.72. The fourth-order valence-electron chi connectivity index (χ4n) is 2.62. The molecule has 0 bridgehead atoms. The molecule has 0 atom stereocenters. The molecule has 0 unspecified atom stereocenters. The highest BCUT2D eigenvalue weighted by atomic mass is 16.5. The van der Waals surface area contributed by atoms with E-state index < -0.39 is 0 Å². The first kappa shape index (κ1) is 14.3. The van der Waals surface area contributed by atoms with Crippen LogP contribution in [0.5, 0.6) is 0 Å². The fraction of sp³-hybridized carbons (Fsp3) is 0.688. The highest BCUT2D eigenvalue weighted by Crippen LogP contribution is 2.23. The molecule has 1 aliphatic carbocycles. The molecule has 3 heteroatoms. The Kier molecular flexibility index (Phi) is 6.15. The second-order valence-corrected chi connectivity index (χ2v) is 5.48. The summed E-state index contributed by atoms with van der Waals surface area (Å²) >= 11 is 0. The van der Waals surface area contributed by atoms with E-state index in [-0.39, 0.29) is 0 Å². The molecular weight excluding hydrogens is 236 g/mol. The van der Waals surface area contributed by atoms with Crippen molar-refractivity contribution in [3.63, 3.8) is 0 Å². The largest absolute Gasteiger partial charge is 0.385 e. The lowest BCUT2D eigenvalue weighted by Crippen LogP contribution is -2.13. The molecular formula is C16H26N2O. The van der Waals surface area contributed by atoms with Gasteiger partial charge >= 0.3 is 0 Å². The zero-order valence-electron chi connectivity index (χ0n) is 12.0. The Labute approximate surface area is 116 Å². The summed E-state index contributed by atoms with van der Waals surface area (Å²) in [7, 11) is 0. The summed E-state index contributed by atoms with van der Waals surface area (Å²) in [4.78, 5) is 4.37. The van der Waals surface area contributed by atoms with Gasteiger partial charge in [0.2, 0.25) is 0 Å². The first-order chi connectivity index (χ1) is 9.38. The van der Waals surface area contributed by atoms with Crippen molar-refractivity contribution >= 4 is 5.69 Å². The van der Waals surface area contributed by atoms with Crippen molar-refractivity contribution in [1.82, 2.24) is 4.98 Å². The minimum absolute atomic E-state index is 0.637. The van der Waals surface area contributed by atoms with Crippen molar-refractivity contribution in [3.05, 3.63) is 24.0 Å². The lowest BCUT2D eigenvalue weighted by molar-refractivity contribution is 0.0721. The number of aromatic nitrogens is 1. The van der Waals surface area contributed by atoms with Crippen molar-refractivity contribution in [2.24, 2.45) is 5.92 Å². The van der Waals surface area contributed by atoms with E-state index in [1.54, 1.807) is 0 Å². The van der Waals surface area contributed by atoms with Gasteiger partial charge in [0.15, 0.2) is 0 Å². The van der Waals surface area contributed by atoms with Gasteiger partial charge in [-0.25, -0.2) is 0 Å². The number of anilines is 1. The van der Waals surface area contributed by atoms with E-state index >= 15 is 0 Å². The molecule has 0 aromatic carbocycles. The second kappa shape index (κ2) is 8.16. The van der Waals surface area contributed by atoms with Gasteiger partial charge in [0.05, 0.1) is 12.3 Å². The van der Waals surface area contributed by atoms with Crippen molar-refractivity contribution in [1.29, 1.82) is 0 Å². The topological polar surface area (TPSA) is 34.2 Å². The Hall–Kier alpha value is -1.09. The average molecular weight is 262 g/mol. The molecule has 1 heterocycles. The first-order valence-electron chi connectivity index (χ1n) is 7.65. The summed E-state index contributed by atoms with van der Waals surface area (Å²) in [5.74, 6) is 0.773. The molecule has 1 aliphatic rings. The fourth-order valence-corrected chi connectivity index (χ4v) is 2.62. The van der Waals surface area contributed by atoms with Crippen LogP contribution >= 0.6 is 0 Å². The Balaban J connectivity index is 1.72. The third kappa shape index (κ3) is 5.19. The number of ether oxygens (including phenoxy) is 1. The number of nitrogens with one attached hydrogen (secondary N) is 1. The van der Waals surface area contributed by atoms with E-state index in [2.05, 4.69) is 23.3 Å². The van der Waals surface area contributed by atoms with Gasteiger partial charge < -0.3 is 10.1 Å². The standard InChI is InChI=1S/C16H26N2O/c1-2-9-17-15-8-10-18-16(11-15)13-19-12-14-6-4-3-5-7-14/h8,10-11,14H,2-7,9,12-13H2,1H3,(H,17,18). The third-order valence-corrected chi connectivity index (χ3v) is 3.72. The summed E-state index contributed by atoms with van der Waals surface area (Å²) < 4.78 is 5.83. The normalized spacial score (nSPS) is 16.5. The van der Waals surface area contributed by atoms with E-state index in [4.69, 9.17) is 4.74 Å². The number of rotatable bonds is 7. The molecule has 1 aromatic rings. The first-order valence-corrected chi connectivity index (χ1v) is 7.65. The van der Waals surface area contributed by atoms with Crippen LogP contribution in [0.25, 0.3) is 0 Å². The maximum atomic E-state index is 5.83. The molecule has 0 aliphatic heterocycles. The highest BCUT2D eigenvalue weighted by molar-refractivity contribution is 5.42. The van der Waals surface area contributed by atoms with E-state index in [1.165, 1.54) is 32.1 Å². The lowest BCUT2D eigenvalue weighted by atomic mass is 9.90. The van der Waals surface area contributed by atoms with Gasteiger partial charge in [-0.2, -0.15) is 0 Å². The van der Waals surface area contributed by atoms with Gasteiger partial charge in [-0.05, 0) is 37.3 Å². The zero-order valence-corrected chi connectivity index (χ0v) is 12.0. The maximum absolute atomic E-state index is 5.83. The van der Waals surface area contributed by atoms with E-state index in [9.17, 15) is 0 Å². The minimum Gasteiger partial charge on any atom is -0.385 e. The SMILES string of the molecule is CCCNc1ccnc(COCC2CCCCC2)c1. The van der Waals surface area contributed by atoms with E-state index in [1.807, 2.05) is 12.3 Å². The summed E-state index contributed by atoms with van der Waals surface area (Å²) in [6.07, 6.45) is 9.83. The van der Waals surface area contributed by atoms with Crippen LogP contribution < -0.4 is 5.32 Å². The summed E-state index contributed by atoms with van der Waals surface area (Å²) in [6.45, 7) is 4.71. The van der Waals surface area contributed by atoms with Crippen LogP contribution in [0, 0.1) is 5.92 Å². The smallest absolute Gasteiger partial charge is 0.0888 e. The molecule has 1 aromatic heterocycles. The van der Waals surface area contributed by atoms with Crippen LogP contribution in [-0.4, -0.2) is 18.1 Å². The van der Waals surface area contributed by atoms with Crippen molar-refractivity contribution in [3.8, 4) is 0 Å². The summed E-state index contributed by atoms with van der Waals surface area (Å²) in [5.41, 5.74) is 2.17. The Morgan fingerprint density at radius 3 is 2.95 bits per heavy atom. The highest BCUT2D eigenvalue weighted by Gasteiger charge is 2.13. The predicted octanol–water partition coefficient (Wildman–Crippen LogP) is 4.00. The molecule has 0 radical (unpaired) electrons. The molecule has 1 fully saturated rings. The molecule has 106 valence electrons. The second-order valence-electron chi connectivity index (χ2n) is 5.48. The van der Waals surface area contributed by atoms with Gasteiger partial charge in [0.25, 0.3) is 0 Å². The minimum atomic E-state index is 0.637. The lowest BCUT2D eigenvalue weighted by Gasteiger charge is -2.21. The molecule has 19 heavy (non-hydrogen) atoms. The van der Waals surface area contributed by atoms with Crippen LogP contribution in [0.15, 0.2) is 18.3 Å². The Morgan fingerprint density at radius 2 is 2.16 bits per heavy atom.